The first-order chi connectivity index (χ1) is 10.2. The summed E-state index contributed by atoms with van der Waals surface area (Å²) in [7, 11) is 0. The lowest BCUT2D eigenvalue weighted by Crippen LogP contribution is -2.29. The SMILES string of the molecule is CCCNC(=O)COc1ccc(-c2ccccc2)cc1Br. The first kappa shape index (κ1) is 15.6. The number of ether oxygens (including phenoxy) is 1. The normalized spacial score (nSPS) is 10.2. The molecule has 0 aromatic heterocycles. The fraction of sp³-hybridized carbons (Fsp3) is 0.235. The molecule has 0 atom stereocenters. The predicted molar refractivity (Wildman–Crippen MR) is 88.4 cm³/mol. The van der Waals surface area contributed by atoms with Crippen molar-refractivity contribution in [3.05, 3.63) is 53.0 Å². The van der Waals surface area contributed by atoms with E-state index in [-0.39, 0.29) is 12.5 Å². The second-order valence-corrected chi connectivity index (χ2v) is 5.50. The second kappa shape index (κ2) is 7.84. The molecule has 0 saturated heterocycles. The highest BCUT2D eigenvalue weighted by molar-refractivity contribution is 9.10. The summed E-state index contributed by atoms with van der Waals surface area (Å²) in [5.41, 5.74) is 2.25. The van der Waals surface area contributed by atoms with Crippen molar-refractivity contribution < 1.29 is 9.53 Å². The van der Waals surface area contributed by atoms with E-state index in [0.29, 0.717) is 12.3 Å². The summed E-state index contributed by atoms with van der Waals surface area (Å²) in [4.78, 5) is 11.5. The van der Waals surface area contributed by atoms with Crippen LogP contribution in [0.1, 0.15) is 13.3 Å². The third-order valence-electron chi connectivity index (χ3n) is 2.97. The number of carbonyl (C=O) groups excluding carboxylic acids is 1. The highest BCUT2D eigenvalue weighted by atomic mass is 79.9. The van der Waals surface area contributed by atoms with Gasteiger partial charge < -0.3 is 10.1 Å². The van der Waals surface area contributed by atoms with Gasteiger partial charge in [-0.05, 0) is 45.6 Å². The summed E-state index contributed by atoms with van der Waals surface area (Å²) >= 11 is 3.49. The number of hydrogen-bond donors (Lipinski definition) is 1. The van der Waals surface area contributed by atoms with E-state index in [9.17, 15) is 4.79 Å². The number of rotatable bonds is 6. The number of hydrogen-bond acceptors (Lipinski definition) is 2. The summed E-state index contributed by atoms with van der Waals surface area (Å²) < 4.78 is 6.37. The summed E-state index contributed by atoms with van der Waals surface area (Å²) in [5.74, 6) is 0.567. The van der Waals surface area contributed by atoms with Crippen LogP contribution in [0, 0.1) is 0 Å². The monoisotopic (exact) mass is 347 g/mol. The minimum Gasteiger partial charge on any atom is -0.483 e. The molecule has 110 valence electrons. The lowest BCUT2D eigenvalue weighted by molar-refractivity contribution is -0.123. The van der Waals surface area contributed by atoms with E-state index >= 15 is 0 Å². The van der Waals surface area contributed by atoms with Crippen molar-refractivity contribution >= 4 is 21.8 Å². The van der Waals surface area contributed by atoms with Gasteiger partial charge in [0.2, 0.25) is 0 Å². The number of halogens is 1. The van der Waals surface area contributed by atoms with Gasteiger partial charge in [0.25, 0.3) is 5.91 Å². The zero-order valence-corrected chi connectivity index (χ0v) is 13.5. The number of benzene rings is 2. The molecule has 0 heterocycles. The Hall–Kier alpha value is -1.81. The molecule has 0 aliphatic rings. The topological polar surface area (TPSA) is 38.3 Å². The van der Waals surface area contributed by atoms with E-state index in [1.807, 2.05) is 43.3 Å². The lowest BCUT2D eigenvalue weighted by atomic mass is 10.1. The Bertz CT molecular complexity index is 599. The summed E-state index contributed by atoms with van der Waals surface area (Å²) in [5, 5.41) is 2.78. The van der Waals surface area contributed by atoms with E-state index in [4.69, 9.17) is 4.74 Å². The van der Waals surface area contributed by atoms with Crippen LogP contribution < -0.4 is 10.1 Å². The average molecular weight is 348 g/mol. The van der Waals surface area contributed by atoms with Crippen LogP contribution in [0.2, 0.25) is 0 Å². The van der Waals surface area contributed by atoms with Gasteiger partial charge in [-0.1, -0.05) is 43.3 Å². The Morgan fingerprint density at radius 3 is 2.57 bits per heavy atom. The second-order valence-electron chi connectivity index (χ2n) is 4.65. The van der Waals surface area contributed by atoms with Gasteiger partial charge in [-0.2, -0.15) is 0 Å². The fourth-order valence-corrected chi connectivity index (χ4v) is 2.38. The van der Waals surface area contributed by atoms with Crippen molar-refractivity contribution in [2.24, 2.45) is 0 Å². The molecule has 0 saturated carbocycles. The standard InChI is InChI=1S/C17H18BrNO2/c1-2-10-19-17(20)12-21-16-9-8-14(11-15(16)18)13-6-4-3-5-7-13/h3-9,11H,2,10,12H2,1H3,(H,19,20). The molecule has 0 aliphatic heterocycles. The molecular weight excluding hydrogens is 330 g/mol. The van der Waals surface area contributed by atoms with E-state index in [2.05, 4.69) is 33.4 Å². The minimum absolute atomic E-state index is 0.0310. The van der Waals surface area contributed by atoms with Gasteiger partial charge in [0.05, 0.1) is 4.47 Å². The number of nitrogens with one attached hydrogen (secondary N) is 1. The van der Waals surface area contributed by atoms with E-state index in [1.165, 1.54) is 0 Å². The van der Waals surface area contributed by atoms with Crippen molar-refractivity contribution in [3.63, 3.8) is 0 Å². The zero-order chi connectivity index (χ0) is 15.1. The quantitative estimate of drug-likeness (QED) is 0.856. The maximum absolute atomic E-state index is 11.5. The van der Waals surface area contributed by atoms with Gasteiger partial charge in [0.15, 0.2) is 6.61 Å². The van der Waals surface area contributed by atoms with Crippen molar-refractivity contribution in [1.82, 2.24) is 5.32 Å². The Morgan fingerprint density at radius 2 is 1.90 bits per heavy atom. The third kappa shape index (κ3) is 4.60. The van der Waals surface area contributed by atoms with Crippen LogP contribution in [0.15, 0.2) is 53.0 Å². The average Bonchev–Trinajstić information content (AvgIpc) is 2.52. The predicted octanol–water partition coefficient (Wildman–Crippen LogP) is 4.02. The molecule has 2 rings (SSSR count). The van der Waals surface area contributed by atoms with Gasteiger partial charge in [-0.3, -0.25) is 4.79 Å². The highest BCUT2D eigenvalue weighted by Gasteiger charge is 2.07. The minimum atomic E-state index is -0.101. The Balaban J connectivity index is 2.01. The van der Waals surface area contributed by atoms with E-state index in [0.717, 1.165) is 22.0 Å². The summed E-state index contributed by atoms with van der Waals surface area (Å²) in [6.07, 6.45) is 0.918. The van der Waals surface area contributed by atoms with Crippen LogP contribution in [-0.2, 0) is 4.79 Å². The first-order valence-corrected chi connectivity index (χ1v) is 7.74. The molecule has 0 fully saturated rings. The maximum atomic E-state index is 11.5. The first-order valence-electron chi connectivity index (χ1n) is 6.95. The van der Waals surface area contributed by atoms with Crippen LogP contribution in [0.5, 0.6) is 5.75 Å². The molecule has 4 heteroatoms. The molecule has 0 bridgehead atoms. The van der Waals surface area contributed by atoms with Crippen LogP contribution in [0.4, 0.5) is 0 Å². The summed E-state index contributed by atoms with van der Waals surface area (Å²) in [6.45, 7) is 2.72. The molecule has 1 N–H and O–H groups in total. The van der Waals surface area contributed by atoms with Crippen LogP contribution >= 0.6 is 15.9 Å². The zero-order valence-electron chi connectivity index (χ0n) is 11.9. The van der Waals surface area contributed by atoms with Gasteiger partial charge >= 0.3 is 0 Å². The summed E-state index contributed by atoms with van der Waals surface area (Å²) in [6, 6.07) is 16.0. The Morgan fingerprint density at radius 1 is 1.14 bits per heavy atom. The Labute approximate surface area is 133 Å². The van der Waals surface area contributed by atoms with Crippen LogP contribution in [-0.4, -0.2) is 19.1 Å². The molecule has 2 aromatic rings. The molecule has 1 amide bonds. The van der Waals surface area contributed by atoms with Crippen molar-refractivity contribution in [2.75, 3.05) is 13.2 Å². The van der Waals surface area contributed by atoms with Crippen molar-refractivity contribution in [2.45, 2.75) is 13.3 Å². The van der Waals surface area contributed by atoms with E-state index < -0.39 is 0 Å². The lowest BCUT2D eigenvalue weighted by Gasteiger charge is -2.10. The molecule has 21 heavy (non-hydrogen) atoms. The van der Waals surface area contributed by atoms with E-state index in [1.54, 1.807) is 0 Å². The molecule has 2 aromatic carbocycles. The largest absolute Gasteiger partial charge is 0.483 e. The van der Waals surface area contributed by atoms with Gasteiger partial charge in [0, 0.05) is 6.54 Å². The molecule has 0 radical (unpaired) electrons. The molecule has 0 spiro atoms. The number of carbonyl (C=O) groups is 1. The van der Waals surface area contributed by atoms with Gasteiger partial charge in [-0.15, -0.1) is 0 Å². The van der Waals surface area contributed by atoms with Crippen molar-refractivity contribution in [3.8, 4) is 16.9 Å². The number of amides is 1. The van der Waals surface area contributed by atoms with Gasteiger partial charge in [-0.25, -0.2) is 0 Å². The fourth-order valence-electron chi connectivity index (χ4n) is 1.89. The Kier molecular flexibility index (Phi) is 5.81. The molecule has 3 nitrogen and oxygen atoms in total. The van der Waals surface area contributed by atoms with Crippen molar-refractivity contribution in [1.29, 1.82) is 0 Å². The highest BCUT2D eigenvalue weighted by Crippen LogP contribution is 2.30. The molecule has 0 unspecified atom stereocenters. The van der Waals surface area contributed by atoms with Gasteiger partial charge in [0.1, 0.15) is 5.75 Å². The van der Waals surface area contributed by atoms with Crippen LogP contribution in [0.25, 0.3) is 11.1 Å². The molecular formula is C17H18BrNO2. The molecule has 0 aliphatic carbocycles. The maximum Gasteiger partial charge on any atom is 0.257 e. The smallest absolute Gasteiger partial charge is 0.257 e. The van der Waals surface area contributed by atoms with Crippen LogP contribution in [0.3, 0.4) is 0 Å². The third-order valence-corrected chi connectivity index (χ3v) is 3.59.